The Bertz CT molecular complexity index is 619. The van der Waals surface area contributed by atoms with Crippen LogP contribution in [0.15, 0.2) is 30.3 Å². The molecule has 112 valence electrons. The Morgan fingerprint density at radius 2 is 1.81 bits per heavy atom. The molecule has 0 aliphatic heterocycles. The van der Waals surface area contributed by atoms with Crippen molar-refractivity contribution in [3.8, 4) is 11.5 Å². The van der Waals surface area contributed by atoms with E-state index in [4.69, 9.17) is 21.1 Å². The molecule has 0 fully saturated rings. The third-order valence-corrected chi connectivity index (χ3v) is 4.40. The number of carbonyl (C=O) groups is 1. The van der Waals surface area contributed by atoms with Crippen LogP contribution in [-0.4, -0.2) is 20.1 Å². The molecule has 1 atom stereocenters. The van der Waals surface area contributed by atoms with E-state index in [2.05, 4.69) is 5.32 Å². The van der Waals surface area contributed by atoms with Crippen molar-refractivity contribution in [2.45, 2.75) is 13.0 Å². The van der Waals surface area contributed by atoms with Crippen molar-refractivity contribution in [2.24, 2.45) is 0 Å². The van der Waals surface area contributed by atoms with Gasteiger partial charge >= 0.3 is 0 Å². The third kappa shape index (κ3) is 3.89. The predicted octanol–water partition coefficient (Wildman–Crippen LogP) is 3.91. The maximum Gasteiger partial charge on any atom is 0.252 e. The van der Waals surface area contributed by atoms with E-state index >= 15 is 0 Å². The Hall–Kier alpha value is -1.72. The smallest absolute Gasteiger partial charge is 0.252 e. The van der Waals surface area contributed by atoms with Crippen LogP contribution >= 0.6 is 22.9 Å². The number of amides is 1. The van der Waals surface area contributed by atoms with Crippen molar-refractivity contribution < 1.29 is 14.3 Å². The van der Waals surface area contributed by atoms with Gasteiger partial charge in [-0.2, -0.15) is 0 Å². The molecule has 2 aromatic rings. The number of hydrogen-bond acceptors (Lipinski definition) is 4. The minimum absolute atomic E-state index is 0.118. The first-order valence-corrected chi connectivity index (χ1v) is 7.52. The second kappa shape index (κ2) is 6.83. The van der Waals surface area contributed by atoms with Crippen molar-refractivity contribution in [1.29, 1.82) is 0 Å². The second-order valence-corrected chi connectivity index (χ2v) is 6.19. The number of nitrogens with one attached hydrogen (secondary N) is 1. The summed E-state index contributed by atoms with van der Waals surface area (Å²) < 4.78 is 11.0. The lowest BCUT2D eigenvalue weighted by molar-refractivity contribution is 0.0940. The van der Waals surface area contributed by atoms with E-state index in [0.29, 0.717) is 21.4 Å². The number of thiophene rings is 1. The molecule has 2 rings (SSSR count). The number of ether oxygens (including phenoxy) is 2. The fraction of sp³-hybridized carbons (Fsp3) is 0.267. The van der Waals surface area contributed by atoms with Gasteiger partial charge in [0.05, 0.1) is 24.6 Å². The predicted molar refractivity (Wildman–Crippen MR) is 84.8 cm³/mol. The maximum absolute atomic E-state index is 12.3. The number of benzene rings is 1. The summed E-state index contributed by atoms with van der Waals surface area (Å²) in [7, 11) is 3.10. The van der Waals surface area contributed by atoms with Crippen LogP contribution in [0.3, 0.4) is 0 Å². The quantitative estimate of drug-likeness (QED) is 0.906. The summed E-state index contributed by atoms with van der Waals surface area (Å²) in [5, 5.41) is 2.93. The van der Waals surface area contributed by atoms with E-state index in [0.717, 1.165) is 4.88 Å². The van der Waals surface area contributed by atoms with E-state index < -0.39 is 0 Å². The minimum atomic E-state index is -0.191. The van der Waals surface area contributed by atoms with Crippen LogP contribution in [0, 0.1) is 0 Å². The monoisotopic (exact) mass is 325 g/mol. The van der Waals surface area contributed by atoms with Crippen LogP contribution in [0.4, 0.5) is 0 Å². The Balaban J connectivity index is 2.16. The van der Waals surface area contributed by atoms with E-state index in [1.807, 2.05) is 19.1 Å². The van der Waals surface area contributed by atoms with Gasteiger partial charge in [-0.1, -0.05) is 11.6 Å². The zero-order valence-electron chi connectivity index (χ0n) is 12.0. The SMILES string of the molecule is COc1cc(OC)cc(C(=O)N[C@@H](C)c2ccc(Cl)s2)c1. The topological polar surface area (TPSA) is 47.6 Å². The summed E-state index contributed by atoms with van der Waals surface area (Å²) >= 11 is 7.36. The number of rotatable bonds is 5. The molecule has 6 heteroatoms. The summed E-state index contributed by atoms with van der Waals surface area (Å²) in [5.41, 5.74) is 0.487. The van der Waals surface area contributed by atoms with Crippen molar-refractivity contribution in [3.05, 3.63) is 45.1 Å². The molecule has 1 heterocycles. The lowest BCUT2D eigenvalue weighted by Crippen LogP contribution is -2.26. The van der Waals surface area contributed by atoms with E-state index in [-0.39, 0.29) is 11.9 Å². The number of methoxy groups -OCH3 is 2. The molecule has 0 unspecified atom stereocenters. The highest BCUT2D eigenvalue weighted by atomic mass is 35.5. The second-order valence-electron chi connectivity index (χ2n) is 4.44. The summed E-state index contributed by atoms with van der Waals surface area (Å²) in [6.45, 7) is 1.91. The zero-order chi connectivity index (χ0) is 15.4. The average Bonchev–Trinajstić information content (AvgIpc) is 2.93. The molecular weight excluding hydrogens is 310 g/mol. The first-order valence-electron chi connectivity index (χ1n) is 6.32. The number of carbonyl (C=O) groups excluding carboxylic acids is 1. The van der Waals surface area contributed by atoms with Crippen LogP contribution < -0.4 is 14.8 Å². The summed E-state index contributed by atoms with van der Waals surface area (Å²) in [5.74, 6) is 0.960. The highest BCUT2D eigenvalue weighted by Gasteiger charge is 2.15. The Labute approximate surface area is 132 Å². The van der Waals surface area contributed by atoms with Crippen LogP contribution in [0.25, 0.3) is 0 Å². The van der Waals surface area contributed by atoms with Crippen molar-refractivity contribution in [2.75, 3.05) is 14.2 Å². The zero-order valence-corrected chi connectivity index (χ0v) is 13.5. The molecule has 1 aromatic carbocycles. The normalized spacial score (nSPS) is 11.8. The molecule has 0 radical (unpaired) electrons. The van der Waals surface area contributed by atoms with Gasteiger partial charge in [0.1, 0.15) is 11.5 Å². The highest BCUT2D eigenvalue weighted by Crippen LogP contribution is 2.27. The van der Waals surface area contributed by atoms with Crippen molar-refractivity contribution in [1.82, 2.24) is 5.32 Å². The number of hydrogen-bond donors (Lipinski definition) is 1. The van der Waals surface area contributed by atoms with Crippen LogP contribution in [0.2, 0.25) is 4.34 Å². The first-order chi connectivity index (χ1) is 10.0. The molecule has 0 spiro atoms. The minimum Gasteiger partial charge on any atom is -0.497 e. The molecule has 1 N–H and O–H groups in total. The fourth-order valence-corrected chi connectivity index (χ4v) is 2.91. The van der Waals surface area contributed by atoms with Gasteiger partial charge in [0, 0.05) is 16.5 Å². The van der Waals surface area contributed by atoms with Gasteiger partial charge in [-0.05, 0) is 31.2 Å². The molecule has 1 amide bonds. The lowest BCUT2D eigenvalue weighted by atomic mass is 10.1. The standard InChI is InChI=1S/C15H16ClNO3S/c1-9(13-4-5-14(16)21-13)17-15(18)10-6-11(19-2)8-12(7-10)20-3/h4-9H,1-3H3,(H,17,18)/t9-/m0/s1. The van der Waals surface area contributed by atoms with Gasteiger partial charge < -0.3 is 14.8 Å². The molecule has 21 heavy (non-hydrogen) atoms. The Kier molecular flexibility index (Phi) is 5.09. The van der Waals surface area contributed by atoms with Crippen molar-refractivity contribution >= 4 is 28.8 Å². The molecule has 0 aliphatic carbocycles. The average molecular weight is 326 g/mol. The molecule has 0 aliphatic rings. The van der Waals surface area contributed by atoms with Crippen LogP contribution in [-0.2, 0) is 0 Å². The van der Waals surface area contributed by atoms with Gasteiger partial charge in [-0.25, -0.2) is 0 Å². The summed E-state index contributed by atoms with van der Waals surface area (Å²) in [6.07, 6.45) is 0. The molecule has 0 bridgehead atoms. The Morgan fingerprint density at radius 1 is 1.19 bits per heavy atom. The van der Waals surface area contributed by atoms with Crippen LogP contribution in [0.5, 0.6) is 11.5 Å². The van der Waals surface area contributed by atoms with Gasteiger partial charge in [-0.3, -0.25) is 4.79 Å². The van der Waals surface area contributed by atoms with E-state index in [9.17, 15) is 4.79 Å². The van der Waals surface area contributed by atoms with Crippen molar-refractivity contribution in [3.63, 3.8) is 0 Å². The fourth-order valence-electron chi connectivity index (χ4n) is 1.85. The maximum atomic E-state index is 12.3. The van der Waals surface area contributed by atoms with Gasteiger partial charge in [0.15, 0.2) is 0 Å². The summed E-state index contributed by atoms with van der Waals surface area (Å²) in [4.78, 5) is 13.3. The molecule has 1 aromatic heterocycles. The Morgan fingerprint density at radius 3 is 2.29 bits per heavy atom. The molecule has 4 nitrogen and oxygen atoms in total. The van der Waals surface area contributed by atoms with Gasteiger partial charge in [0.2, 0.25) is 0 Å². The van der Waals surface area contributed by atoms with Gasteiger partial charge in [-0.15, -0.1) is 11.3 Å². The first kappa shape index (κ1) is 15.7. The summed E-state index contributed by atoms with van der Waals surface area (Å²) in [6, 6.07) is 8.67. The number of halogens is 1. The largest absolute Gasteiger partial charge is 0.497 e. The van der Waals surface area contributed by atoms with E-state index in [1.165, 1.54) is 11.3 Å². The van der Waals surface area contributed by atoms with Crippen LogP contribution in [0.1, 0.15) is 28.2 Å². The highest BCUT2D eigenvalue weighted by molar-refractivity contribution is 7.16. The van der Waals surface area contributed by atoms with Gasteiger partial charge in [0.25, 0.3) is 5.91 Å². The van der Waals surface area contributed by atoms with E-state index in [1.54, 1.807) is 32.4 Å². The molecule has 0 saturated heterocycles. The third-order valence-electron chi connectivity index (χ3n) is 2.98. The molecular formula is C15H16ClNO3S. The lowest BCUT2D eigenvalue weighted by Gasteiger charge is -2.13. The molecule has 0 saturated carbocycles.